The molecule has 1 rings (SSSR count). The van der Waals surface area contributed by atoms with Crippen LogP contribution in [0.25, 0.3) is 0 Å². The Kier molecular flexibility index (Phi) is 6.19. The molecule has 0 unspecified atom stereocenters. The summed E-state index contributed by atoms with van der Waals surface area (Å²) in [5.41, 5.74) is 5.36. The van der Waals surface area contributed by atoms with Crippen molar-refractivity contribution in [1.82, 2.24) is 4.72 Å². The van der Waals surface area contributed by atoms with Crippen LogP contribution in [0.3, 0.4) is 0 Å². The van der Waals surface area contributed by atoms with E-state index in [0.717, 1.165) is 21.5 Å². The van der Waals surface area contributed by atoms with Crippen molar-refractivity contribution in [1.29, 1.82) is 0 Å². The summed E-state index contributed by atoms with van der Waals surface area (Å²) in [6, 6.07) is 1.62. The zero-order chi connectivity index (χ0) is 13.8. The molecule has 102 valence electrons. The van der Waals surface area contributed by atoms with Gasteiger partial charge in [-0.3, -0.25) is 0 Å². The van der Waals surface area contributed by atoms with Crippen LogP contribution < -0.4 is 10.5 Å². The SMILES string of the molecule is Cc1sc(Br)cc1S(=O)(=O)NCCCCC(N)=S. The van der Waals surface area contributed by atoms with E-state index in [2.05, 4.69) is 20.7 Å². The van der Waals surface area contributed by atoms with Crippen LogP contribution in [-0.4, -0.2) is 20.0 Å². The van der Waals surface area contributed by atoms with Gasteiger partial charge in [0.05, 0.1) is 13.7 Å². The molecule has 0 saturated carbocycles. The highest BCUT2D eigenvalue weighted by atomic mass is 79.9. The smallest absolute Gasteiger partial charge is 0.241 e. The van der Waals surface area contributed by atoms with Crippen LogP contribution in [0.4, 0.5) is 0 Å². The Morgan fingerprint density at radius 1 is 1.56 bits per heavy atom. The van der Waals surface area contributed by atoms with Gasteiger partial charge in [0.25, 0.3) is 0 Å². The van der Waals surface area contributed by atoms with Crippen LogP contribution in [0.2, 0.25) is 0 Å². The molecule has 1 aromatic heterocycles. The van der Waals surface area contributed by atoms with Gasteiger partial charge in [0.1, 0.15) is 0 Å². The first kappa shape index (κ1) is 16.0. The Morgan fingerprint density at radius 2 is 2.22 bits per heavy atom. The monoisotopic (exact) mass is 370 g/mol. The molecule has 1 heterocycles. The third-order valence-electron chi connectivity index (χ3n) is 2.27. The van der Waals surface area contributed by atoms with E-state index in [9.17, 15) is 8.42 Å². The van der Waals surface area contributed by atoms with E-state index in [1.807, 2.05) is 0 Å². The molecule has 0 bridgehead atoms. The number of halogens is 1. The van der Waals surface area contributed by atoms with E-state index >= 15 is 0 Å². The molecule has 1 aromatic rings. The molecule has 0 amide bonds. The van der Waals surface area contributed by atoms with Crippen LogP contribution in [0, 0.1) is 6.92 Å². The van der Waals surface area contributed by atoms with E-state index in [0.29, 0.717) is 22.8 Å². The highest BCUT2D eigenvalue weighted by Gasteiger charge is 2.18. The summed E-state index contributed by atoms with van der Waals surface area (Å²) in [5.74, 6) is 0. The van der Waals surface area contributed by atoms with E-state index in [-0.39, 0.29) is 0 Å². The summed E-state index contributed by atoms with van der Waals surface area (Å²) in [4.78, 5) is 1.58. The molecule has 0 aliphatic heterocycles. The summed E-state index contributed by atoms with van der Waals surface area (Å²) in [5, 5.41) is 0. The van der Waals surface area contributed by atoms with Gasteiger partial charge < -0.3 is 5.73 Å². The van der Waals surface area contributed by atoms with Gasteiger partial charge in [-0.05, 0) is 48.2 Å². The van der Waals surface area contributed by atoms with Crippen molar-refractivity contribution in [3.63, 3.8) is 0 Å². The van der Waals surface area contributed by atoms with Gasteiger partial charge >= 0.3 is 0 Å². The molecular weight excluding hydrogens is 356 g/mol. The van der Waals surface area contributed by atoms with Crippen molar-refractivity contribution in [2.45, 2.75) is 31.1 Å². The Hall–Kier alpha value is -0.0200. The maximum absolute atomic E-state index is 12.0. The fourth-order valence-electron chi connectivity index (χ4n) is 1.41. The van der Waals surface area contributed by atoms with E-state index in [4.69, 9.17) is 18.0 Å². The number of nitrogens with two attached hydrogens (primary N) is 1. The van der Waals surface area contributed by atoms with Gasteiger partial charge in [0.15, 0.2) is 0 Å². The predicted molar refractivity (Wildman–Crippen MR) is 82.6 cm³/mol. The lowest BCUT2D eigenvalue weighted by atomic mass is 10.2. The Morgan fingerprint density at radius 3 is 2.72 bits per heavy atom. The van der Waals surface area contributed by atoms with Gasteiger partial charge in [-0.2, -0.15) is 0 Å². The van der Waals surface area contributed by atoms with Crippen LogP contribution in [0.1, 0.15) is 24.1 Å². The highest BCUT2D eigenvalue weighted by molar-refractivity contribution is 9.11. The van der Waals surface area contributed by atoms with Gasteiger partial charge in [-0.1, -0.05) is 12.2 Å². The van der Waals surface area contributed by atoms with Gasteiger partial charge in [-0.25, -0.2) is 13.1 Å². The van der Waals surface area contributed by atoms with Crippen molar-refractivity contribution in [2.75, 3.05) is 6.54 Å². The number of unbranched alkanes of at least 4 members (excludes halogenated alkanes) is 1. The summed E-state index contributed by atoms with van der Waals surface area (Å²) >= 11 is 9.44. The highest BCUT2D eigenvalue weighted by Crippen LogP contribution is 2.29. The van der Waals surface area contributed by atoms with Crippen molar-refractivity contribution in [3.05, 3.63) is 14.7 Å². The molecule has 8 heteroatoms. The van der Waals surface area contributed by atoms with Gasteiger partial charge in [0, 0.05) is 11.4 Å². The van der Waals surface area contributed by atoms with Crippen LogP contribution >= 0.6 is 39.5 Å². The number of sulfonamides is 1. The summed E-state index contributed by atoms with van der Waals surface area (Å²) in [7, 11) is -3.40. The first-order valence-corrected chi connectivity index (χ1v) is 8.87. The van der Waals surface area contributed by atoms with Crippen LogP contribution in [-0.2, 0) is 10.0 Å². The minimum atomic E-state index is -3.40. The summed E-state index contributed by atoms with van der Waals surface area (Å²) in [6.07, 6.45) is 2.17. The minimum absolute atomic E-state index is 0.341. The Labute approximate surface area is 125 Å². The average Bonchev–Trinajstić information content (AvgIpc) is 2.57. The molecule has 0 aliphatic rings. The Balaban J connectivity index is 2.51. The molecule has 0 fully saturated rings. The molecule has 4 nitrogen and oxygen atoms in total. The molecule has 0 radical (unpaired) electrons. The number of rotatable bonds is 7. The van der Waals surface area contributed by atoms with Crippen molar-refractivity contribution < 1.29 is 8.42 Å². The lowest BCUT2D eigenvalue weighted by molar-refractivity contribution is 0.577. The number of thiophene rings is 1. The molecular formula is C10H15BrN2O2S3. The van der Waals surface area contributed by atoms with Crippen LogP contribution in [0.15, 0.2) is 14.7 Å². The van der Waals surface area contributed by atoms with E-state index < -0.39 is 10.0 Å². The molecule has 0 aliphatic carbocycles. The number of thiocarbonyl (C=S) groups is 1. The van der Waals surface area contributed by atoms with Gasteiger partial charge in [-0.15, -0.1) is 11.3 Å². The second kappa shape index (κ2) is 6.95. The lowest BCUT2D eigenvalue weighted by Gasteiger charge is -2.05. The predicted octanol–water partition coefficient (Wildman–Crippen LogP) is 2.55. The third-order valence-corrected chi connectivity index (χ3v) is 5.75. The van der Waals surface area contributed by atoms with Crippen LogP contribution in [0.5, 0.6) is 0 Å². The zero-order valence-corrected chi connectivity index (χ0v) is 13.9. The maximum atomic E-state index is 12.0. The number of hydrogen-bond acceptors (Lipinski definition) is 4. The molecule has 0 aromatic carbocycles. The molecule has 3 N–H and O–H groups in total. The molecule has 18 heavy (non-hydrogen) atoms. The summed E-state index contributed by atoms with van der Waals surface area (Å²) in [6.45, 7) is 2.19. The lowest BCUT2D eigenvalue weighted by Crippen LogP contribution is -2.25. The Bertz CT molecular complexity index is 525. The third kappa shape index (κ3) is 4.93. The zero-order valence-electron chi connectivity index (χ0n) is 9.90. The second-order valence-corrected chi connectivity index (χ2v) is 8.69. The standard InChI is InChI=1S/C10H15BrN2O2S3/c1-7-8(6-9(11)17-7)18(14,15)13-5-3-2-4-10(12)16/h6,13H,2-5H2,1H3,(H2,12,16). The average molecular weight is 371 g/mol. The fraction of sp³-hybridized carbons (Fsp3) is 0.500. The topological polar surface area (TPSA) is 72.2 Å². The molecule has 0 atom stereocenters. The first-order chi connectivity index (χ1) is 8.33. The number of nitrogens with one attached hydrogen (secondary N) is 1. The van der Waals surface area contributed by atoms with Crippen molar-refractivity contribution in [2.24, 2.45) is 5.73 Å². The maximum Gasteiger partial charge on any atom is 0.241 e. The van der Waals surface area contributed by atoms with E-state index in [1.165, 1.54) is 11.3 Å². The largest absolute Gasteiger partial charge is 0.393 e. The quantitative estimate of drug-likeness (QED) is 0.571. The second-order valence-electron chi connectivity index (χ2n) is 3.79. The first-order valence-electron chi connectivity index (χ1n) is 5.37. The van der Waals surface area contributed by atoms with Crippen molar-refractivity contribution in [3.8, 4) is 0 Å². The van der Waals surface area contributed by atoms with E-state index in [1.54, 1.807) is 13.0 Å². The summed E-state index contributed by atoms with van der Waals surface area (Å²) < 4.78 is 27.4. The molecule has 0 saturated heterocycles. The normalized spacial score (nSPS) is 11.7. The number of hydrogen-bond donors (Lipinski definition) is 2. The van der Waals surface area contributed by atoms with Gasteiger partial charge in [0.2, 0.25) is 10.0 Å². The fourth-order valence-corrected chi connectivity index (χ4v) is 5.04. The minimum Gasteiger partial charge on any atom is -0.393 e. The number of aryl methyl sites for hydroxylation is 1. The molecule has 0 spiro atoms. The van der Waals surface area contributed by atoms with Crippen molar-refractivity contribution >= 4 is 54.5 Å².